The van der Waals surface area contributed by atoms with Crippen LogP contribution in [-0.2, 0) is 6.54 Å². The minimum atomic E-state index is -0.0135. The molecule has 4 rings (SSSR count). The maximum Gasteiger partial charge on any atom is 0.251 e. The minimum absolute atomic E-state index is 0.0135. The number of hydrogen-bond donors (Lipinski definition) is 0. The Bertz CT molecular complexity index is 1050. The fourth-order valence-corrected chi connectivity index (χ4v) is 3.71. The topological polar surface area (TPSA) is 34.4 Å². The lowest BCUT2D eigenvalue weighted by molar-refractivity contribution is 0.794. The zero-order chi connectivity index (χ0) is 17.2. The van der Waals surface area contributed by atoms with Crippen LogP contribution in [-0.4, -0.2) is 16.7 Å². The molecule has 2 heterocycles. The van der Waals surface area contributed by atoms with Gasteiger partial charge in [0, 0.05) is 27.6 Å². The normalized spacial score (nSPS) is 15.3. The van der Waals surface area contributed by atoms with E-state index in [0.717, 1.165) is 32.8 Å². The van der Waals surface area contributed by atoms with E-state index in [2.05, 4.69) is 11.1 Å². The molecular formula is C20H15ClN2OS. The van der Waals surface area contributed by atoms with Gasteiger partial charge in [0.15, 0.2) is 0 Å². The smallest absolute Gasteiger partial charge is 0.251 e. The summed E-state index contributed by atoms with van der Waals surface area (Å²) < 4.78 is 1.80. The van der Waals surface area contributed by atoms with Crippen molar-refractivity contribution in [2.24, 2.45) is 4.99 Å². The molecule has 1 aliphatic heterocycles. The first-order valence-electron chi connectivity index (χ1n) is 7.92. The van der Waals surface area contributed by atoms with Gasteiger partial charge in [-0.3, -0.25) is 9.79 Å². The highest BCUT2D eigenvalue weighted by atomic mass is 35.5. The van der Waals surface area contributed by atoms with Crippen LogP contribution in [0.4, 0.5) is 0 Å². The lowest BCUT2D eigenvalue weighted by atomic mass is 10.1. The predicted octanol–water partition coefficient (Wildman–Crippen LogP) is 4.82. The molecular weight excluding hydrogens is 352 g/mol. The molecule has 25 heavy (non-hydrogen) atoms. The van der Waals surface area contributed by atoms with Crippen LogP contribution in [0.2, 0.25) is 5.02 Å². The highest BCUT2D eigenvalue weighted by Crippen LogP contribution is 2.26. The van der Waals surface area contributed by atoms with Crippen LogP contribution in [0.15, 0.2) is 69.3 Å². The third kappa shape index (κ3) is 3.41. The average Bonchev–Trinajstić information content (AvgIpc) is 3.13. The van der Waals surface area contributed by atoms with E-state index < -0.39 is 0 Å². The molecule has 0 saturated carbocycles. The zero-order valence-corrected chi connectivity index (χ0v) is 14.9. The van der Waals surface area contributed by atoms with Crippen molar-refractivity contribution >= 4 is 46.6 Å². The predicted molar refractivity (Wildman–Crippen MR) is 108 cm³/mol. The van der Waals surface area contributed by atoms with Gasteiger partial charge in [-0.2, -0.15) is 0 Å². The Morgan fingerprint density at radius 1 is 1.16 bits per heavy atom. The molecule has 0 saturated heterocycles. The van der Waals surface area contributed by atoms with Gasteiger partial charge in [-0.15, -0.1) is 11.8 Å². The van der Waals surface area contributed by atoms with Gasteiger partial charge in [-0.1, -0.05) is 41.9 Å². The van der Waals surface area contributed by atoms with Crippen molar-refractivity contribution in [2.45, 2.75) is 6.54 Å². The molecule has 0 radical (unpaired) electrons. The molecule has 0 bridgehead atoms. The number of para-hydroxylation sites is 1. The molecule has 3 nitrogen and oxygen atoms in total. The van der Waals surface area contributed by atoms with Crippen LogP contribution < -0.4 is 5.56 Å². The summed E-state index contributed by atoms with van der Waals surface area (Å²) in [5.41, 5.74) is 2.89. The van der Waals surface area contributed by atoms with E-state index in [4.69, 9.17) is 11.6 Å². The molecule has 0 fully saturated rings. The Labute approximate surface area is 154 Å². The van der Waals surface area contributed by atoms with E-state index >= 15 is 0 Å². The summed E-state index contributed by atoms with van der Waals surface area (Å²) in [6, 6.07) is 17.3. The number of halogens is 1. The average molecular weight is 367 g/mol. The van der Waals surface area contributed by atoms with E-state index in [1.165, 1.54) is 0 Å². The van der Waals surface area contributed by atoms with Crippen LogP contribution in [0.1, 0.15) is 11.1 Å². The Hall–Kier alpha value is -2.30. The maximum absolute atomic E-state index is 12.8. The fraction of sp³-hybridized carbons (Fsp3) is 0.100. The van der Waals surface area contributed by atoms with Crippen molar-refractivity contribution in [3.05, 3.63) is 86.0 Å². The highest BCUT2D eigenvalue weighted by molar-refractivity contribution is 8.04. The largest absolute Gasteiger partial charge is 0.304 e. The van der Waals surface area contributed by atoms with E-state index in [9.17, 15) is 4.79 Å². The Morgan fingerprint density at radius 2 is 1.96 bits per heavy atom. The summed E-state index contributed by atoms with van der Waals surface area (Å²) in [7, 11) is 0. The van der Waals surface area contributed by atoms with Crippen molar-refractivity contribution in [1.82, 2.24) is 4.57 Å². The summed E-state index contributed by atoms with van der Waals surface area (Å²) in [4.78, 5) is 18.1. The molecule has 0 atom stereocenters. The lowest BCUT2D eigenvalue weighted by Crippen LogP contribution is -2.21. The maximum atomic E-state index is 12.8. The first-order valence-corrected chi connectivity index (χ1v) is 9.28. The van der Waals surface area contributed by atoms with E-state index in [-0.39, 0.29) is 5.56 Å². The first kappa shape index (κ1) is 16.2. The number of aromatic nitrogens is 1. The number of thioether (sulfide) groups is 1. The summed E-state index contributed by atoms with van der Waals surface area (Å²) in [6.45, 7) is 0.517. The SMILES string of the molecule is O=c1cc(C=C2C=NCS2)c2ccccc2n1Cc1ccc(Cl)cc1. The number of aliphatic imine (C=N–C) groups is 1. The minimum Gasteiger partial charge on any atom is -0.304 e. The van der Waals surface area contributed by atoms with Crippen molar-refractivity contribution in [1.29, 1.82) is 0 Å². The van der Waals surface area contributed by atoms with Gasteiger partial charge in [0.1, 0.15) is 0 Å². The molecule has 1 aromatic heterocycles. The molecule has 3 aromatic rings. The van der Waals surface area contributed by atoms with Crippen molar-refractivity contribution < 1.29 is 0 Å². The van der Waals surface area contributed by atoms with Gasteiger partial charge in [-0.25, -0.2) is 0 Å². The second kappa shape index (κ2) is 6.90. The molecule has 0 amide bonds. The molecule has 0 unspecified atom stereocenters. The van der Waals surface area contributed by atoms with Gasteiger partial charge in [0.2, 0.25) is 0 Å². The van der Waals surface area contributed by atoms with Gasteiger partial charge >= 0.3 is 0 Å². The standard InChI is InChI=1S/C20H15ClN2OS/c21-16-7-5-14(6-8-16)12-23-19-4-2-1-3-18(19)15(10-20(23)24)9-17-11-22-13-25-17/h1-11H,12-13H2. The van der Waals surface area contributed by atoms with Crippen LogP contribution in [0.3, 0.4) is 0 Å². The van der Waals surface area contributed by atoms with Crippen LogP contribution >= 0.6 is 23.4 Å². The van der Waals surface area contributed by atoms with Gasteiger partial charge in [-0.05, 0) is 35.4 Å². The van der Waals surface area contributed by atoms with E-state index in [0.29, 0.717) is 11.6 Å². The molecule has 5 heteroatoms. The molecule has 0 aliphatic carbocycles. The molecule has 2 aromatic carbocycles. The fourth-order valence-electron chi connectivity index (χ4n) is 2.92. The van der Waals surface area contributed by atoms with Crippen molar-refractivity contribution in [3.63, 3.8) is 0 Å². The van der Waals surface area contributed by atoms with Crippen molar-refractivity contribution in [2.75, 3.05) is 5.88 Å². The van der Waals surface area contributed by atoms with Crippen LogP contribution in [0.5, 0.6) is 0 Å². The summed E-state index contributed by atoms with van der Waals surface area (Å²) in [6.07, 6.45) is 3.90. The molecule has 124 valence electrons. The second-order valence-electron chi connectivity index (χ2n) is 5.80. The van der Waals surface area contributed by atoms with Crippen LogP contribution in [0, 0.1) is 0 Å². The number of pyridine rings is 1. The first-order chi connectivity index (χ1) is 12.2. The lowest BCUT2D eigenvalue weighted by Gasteiger charge is -2.12. The Morgan fingerprint density at radius 3 is 2.72 bits per heavy atom. The Balaban J connectivity index is 1.84. The number of allylic oxidation sites excluding steroid dienone is 1. The number of fused-ring (bicyclic) bond motifs is 1. The monoisotopic (exact) mass is 366 g/mol. The van der Waals surface area contributed by atoms with Crippen molar-refractivity contribution in [3.8, 4) is 0 Å². The third-order valence-electron chi connectivity index (χ3n) is 4.13. The van der Waals surface area contributed by atoms with E-state index in [1.807, 2.05) is 54.8 Å². The van der Waals surface area contributed by atoms with Gasteiger partial charge < -0.3 is 4.57 Å². The molecule has 0 spiro atoms. The number of hydrogen-bond acceptors (Lipinski definition) is 3. The zero-order valence-electron chi connectivity index (χ0n) is 13.4. The highest BCUT2D eigenvalue weighted by Gasteiger charge is 2.10. The number of nitrogens with zero attached hydrogens (tertiary/aromatic N) is 2. The second-order valence-corrected chi connectivity index (χ2v) is 7.25. The van der Waals surface area contributed by atoms with E-state index in [1.54, 1.807) is 22.4 Å². The number of rotatable bonds is 3. The molecule has 0 N–H and O–H groups in total. The molecule has 1 aliphatic rings. The Kier molecular flexibility index (Phi) is 4.47. The van der Waals surface area contributed by atoms with Gasteiger partial charge in [0.05, 0.1) is 17.9 Å². The van der Waals surface area contributed by atoms with Crippen LogP contribution in [0.25, 0.3) is 17.0 Å². The third-order valence-corrected chi connectivity index (χ3v) is 5.21. The summed E-state index contributed by atoms with van der Waals surface area (Å²) >= 11 is 7.63. The summed E-state index contributed by atoms with van der Waals surface area (Å²) in [5.74, 6) is 0.747. The quantitative estimate of drug-likeness (QED) is 0.666. The number of benzene rings is 2. The summed E-state index contributed by atoms with van der Waals surface area (Å²) in [5, 5.41) is 1.75. The van der Waals surface area contributed by atoms with Gasteiger partial charge in [0.25, 0.3) is 5.56 Å².